The first kappa shape index (κ1) is 9.65. The minimum atomic E-state index is -0.240. The van der Waals surface area contributed by atoms with Crippen LogP contribution >= 0.6 is 0 Å². The second-order valence-corrected chi connectivity index (χ2v) is 3.62. The lowest BCUT2D eigenvalue weighted by atomic mass is 10.1. The molecule has 76 valence electrons. The fraction of sp³-hybridized carbons (Fsp3) is 0.455. The maximum atomic E-state index is 5.66. The van der Waals surface area contributed by atoms with Crippen LogP contribution < -0.4 is 5.73 Å². The molecule has 14 heavy (non-hydrogen) atoms. The van der Waals surface area contributed by atoms with Crippen molar-refractivity contribution >= 4 is 0 Å². The Kier molecular flexibility index (Phi) is 2.82. The van der Waals surface area contributed by atoms with Crippen molar-refractivity contribution in [3.63, 3.8) is 0 Å². The molecule has 1 aliphatic heterocycles. The minimum absolute atomic E-state index is 0.00951. The van der Waals surface area contributed by atoms with Crippen LogP contribution in [0.25, 0.3) is 0 Å². The van der Waals surface area contributed by atoms with Crippen LogP contribution in [0.5, 0.6) is 0 Å². The van der Waals surface area contributed by atoms with Gasteiger partial charge in [-0.25, -0.2) is 0 Å². The van der Waals surface area contributed by atoms with Crippen LogP contribution in [0.2, 0.25) is 0 Å². The quantitative estimate of drug-likeness (QED) is 0.732. The van der Waals surface area contributed by atoms with Gasteiger partial charge in [-0.05, 0) is 12.5 Å². The van der Waals surface area contributed by atoms with Crippen LogP contribution in [0, 0.1) is 6.92 Å². The van der Waals surface area contributed by atoms with Gasteiger partial charge in [-0.2, -0.15) is 0 Å². The molecule has 2 rings (SSSR count). The normalized spacial score (nSPS) is 27.6. The number of hydrogen-bond acceptors (Lipinski definition) is 3. The van der Waals surface area contributed by atoms with E-state index in [1.807, 2.05) is 18.2 Å². The Hall–Kier alpha value is -0.900. The number of aryl methyl sites for hydroxylation is 1. The van der Waals surface area contributed by atoms with Gasteiger partial charge in [0.15, 0.2) is 6.29 Å². The Bertz CT molecular complexity index is 306. The van der Waals surface area contributed by atoms with Gasteiger partial charge in [-0.15, -0.1) is 0 Å². The van der Waals surface area contributed by atoms with Crippen LogP contribution in [-0.4, -0.2) is 19.3 Å². The third-order valence-electron chi connectivity index (χ3n) is 2.37. The topological polar surface area (TPSA) is 44.5 Å². The van der Waals surface area contributed by atoms with Gasteiger partial charge < -0.3 is 15.2 Å². The molecular formula is C11H15NO2. The molecular weight excluding hydrogens is 178 g/mol. The lowest BCUT2D eigenvalue weighted by molar-refractivity contribution is -0.190. The summed E-state index contributed by atoms with van der Waals surface area (Å²) in [6.07, 6.45) is -0.240. The van der Waals surface area contributed by atoms with Crippen molar-refractivity contribution in [1.29, 1.82) is 0 Å². The molecule has 0 spiro atoms. The van der Waals surface area contributed by atoms with Crippen molar-refractivity contribution in [3.05, 3.63) is 35.4 Å². The summed E-state index contributed by atoms with van der Waals surface area (Å²) in [4.78, 5) is 0. The first-order valence-electron chi connectivity index (χ1n) is 4.81. The summed E-state index contributed by atoms with van der Waals surface area (Å²) < 4.78 is 11.0. The molecule has 1 heterocycles. The van der Waals surface area contributed by atoms with E-state index in [1.54, 1.807) is 0 Å². The summed E-state index contributed by atoms with van der Waals surface area (Å²) in [5.41, 5.74) is 7.95. The van der Waals surface area contributed by atoms with Gasteiger partial charge in [0, 0.05) is 5.56 Å². The molecule has 1 aliphatic rings. The Morgan fingerprint density at radius 1 is 1.21 bits per heavy atom. The number of rotatable bonds is 1. The van der Waals surface area contributed by atoms with Crippen LogP contribution in [0.3, 0.4) is 0 Å². The zero-order valence-corrected chi connectivity index (χ0v) is 8.27. The number of benzene rings is 1. The Morgan fingerprint density at radius 2 is 1.86 bits per heavy atom. The molecule has 1 saturated heterocycles. The molecule has 0 aromatic heterocycles. The molecule has 0 bridgehead atoms. The fourth-order valence-corrected chi connectivity index (χ4v) is 1.55. The molecule has 3 heteroatoms. The lowest BCUT2D eigenvalue weighted by Gasteiger charge is -2.28. The molecule has 0 amide bonds. The maximum absolute atomic E-state index is 5.66. The monoisotopic (exact) mass is 193 g/mol. The third kappa shape index (κ3) is 1.95. The first-order valence-corrected chi connectivity index (χ1v) is 4.81. The Balaban J connectivity index is 2.12. The maximum Gasteiger partial charge on any atom is 0.184 e. The van der Waals surface area contributed by atoms with E-state index in [-0.39, 0.29) is 12.3 Å². The van der Waals surface area contributed by atoms with E-state index in [0.717, 1.165) is 5.56 Å². The summed E-state index contributed by atoms with van der Waals surface area (Å²) in [6, 6.07) is 8.08. The predicted octanol–water partition coefficient (Wildman–Crippen LogP) is 1.37. The second kappa shape index (κ2) is 4.09. The van der Waals surface area contributed by atoms with Gasteiger partial charge in [0.1, 0.15) is 0 Å². The smallest absolute Gasteiger partial charge is 0.184 e. The fourth-order valence-electron chi connectivity index (χ4n) is 1.55. The Morgan fingerprint density at radius 3 is 2.50 bits per heavy atom. The molecule has 1 fully saturated rings. The van der Waals surface area contributed by atoms with E-state index in [9.17, 15) is 0 Å². The van der Waals surface area contributed by atoms with Crippen LogP contribution in [0.4, 0.5) is 0 Å². The average molecular weight is 193 g/mol. The van der Waals surface area contributed by atoms with Crippen LogP contribution in [-0.2, 0) is 9.47 Å². The first-order chi connectivity index (χ1) is 6.77. The SMILES string of the molecule is Cc1ccccc1C1OCC(N)CO1. The summed E-state index contributed by atoms with van der Waals surface area (Å²) in [6.45, 7) is 3.19. The van der Waals surface area contributed by atoms with Gasteiger partial charge in [0.25, 0.3) is 0 Å². The molecule has 0 saturated carbocycles. The predicted molar refractivity (Wildman–Crippen MR) is 53.8 cm³/mol. The highest BCUT2D eigenvalue weighted by Gasteiger charge is 2.21. The second-order valence-electron chi connectivity index (χ2n) is 3.62. The summed E-state index contributed by atoms with van der Waals surface area (Å²) in [5, 5.41) is 0. The summed E-state index contributed by atoms with van der Waals surface area (Å²) >= 11 is 0. The van der Waals surface area contributed by atoms with Crippen molar-refractivity contribution < 1.29 is 9.47 Å². The molecule has 2 N–H and O–H groups in total. The lowest BCUT2D eigenvalue weighted by Crippen LogP contribution is -2.38. The molecule has 0 atom stereocenters. The van der Waals surface area contributed by atoms with Gasteiger partial charge in [-0.3, -0.25) is 0 Å². The molecule has 0 unspecified atom stereocenters. The molecule has 3 nitrogen and oxygen atoms in total. The van der Waals surface area contributed by atoms with Crippen LogP contribution in [0.1, 0.15) is 17.4 Å². The third-order valence-corrected chi connectivity index (χ3v) is 2.37. The van der Waals surface area contributed by atoms with Crippen molar-refractivity contribution in [3.8, 4) is 0 Å². The number of ether oxygens (including phenoxy) is 2. The van der Waals surface area contributed by atoms with Crippen molar-refractivity contribution in [2.75, 3.05) is 13.2 Å². The molecule has 1 aromatic carbocycles. The highest BCUT2D eigenvalue weighted by Crippen LogP contribution is 2.24. The van der Waals surface area contributed by atoms with Crippen molar-refractivity contribution in [1.82, 2.24) is 0 Å². The number of nitrogens with two attached hydrogens (primary N) is 1. The van der Waals surface area contributed by atoms with Crippen molar-refractivity contribution in [2.24, 2.45) is 5.73 Å². The molecule has 1 aromatic rings. The molecule has 0 aliphatic carbocycles. The van der Waals surface area contributed by atoms with E-state index in [1.165, 1.54) is 5.56 Å². The van der Waals surface area contributed by atoms with E-state index >= 15 is 0 Å². The van der Waals surface area contributed by atoms with E-state index in [2.05, 4.69) is 13.0 Å². The van der Waals surface area contributed by atoms with Gasteiger partial charge in [0.05, 0.1) is 19.3 Å². The van der Waals surface area contributed by atoms with Crippen LogP contribution in [0.15, 0.2) is 24.3 Å². The zero-order valence-electron chi connectivity index (χ0n) is 8.27. The zero-order chi connectivity index (χ0) is 9.97. The van der Waals surface area contributed by atoms with E-state index in [4.69, 9.17) is 15.2 Å². The van der Waals surface area contributed by atoms with Gasteiger partial charge in [-0.1, -0.05) is 24.3 Å². The molecule has 0 radical (unpaired) electrons. The van der Waals surface area contributed by atoms with E-state index < -0.39 is 0 Å². The standard InChI is InChI=1S/C11H15NO2/c1-8-4-2-3-5-10(8)11-13-6-9(12)7-14-11/h2-5,9,11H,6-7,12H2,1H3. The van der Waals surface area contributed by atoms with Gasteiger partial charge in [0.2, 0.25) is 0 Å². The Labute approximate surface area is 83.8 Å². The summed E-state index contributed by atoms with van der Waals surface area (Å²) in [5.74, 6) is 0. The largest absolute Gasteiger partial charge is 0.347 e. The number of hydrogen-bond donors (Lipinski definition) is 1. The highest BCUT2D eigenvalue weighted by atomic mass is 16.7. The van der Waals surface area contributed by atoms with Gasteiger partial charge >= 0.3 is 0 Å². The average Bonchev–Trinajstić information content (AvgIpc) is 2.20. The van der Waals surface area contributed by atoms with E-state index in [0.29, 0.717) is 13.2 Å². The summed E-state index contributed by atoms with van der Waals surface area (Å²) in [7, 11) is 0. The minimum Gasteiger partial charge on any atom is -0.347 e. The highest BCUT2D eigenvalue weighted by molar-refractivity contribution is 5.26. The van der Waals surface area contributed by atoms with Crippen molar-refractivity contribution in [2.45, 2.75) is 19.3 Å².